The molecule has 3 aromatic carbocycles. The number of anilines is 1. The molecular weight excluding hydrogens is 334 g/mol. The summed E-state index contributed by atoms with van der Waals surface area (Å²) in [6.45, 7) is 1.66. The first-order chi connectivity index (χ1) is 12.0. The zero-order valence-electron chi connectivity index (χ0n) is 13.8. The van der Waals surface area contributed by atoms with Gasteiger partial charge < -0.3 is 5.11 Å². The van der Waals surface area contributed by atoms with Crippen LogP contribution in [0.3, 0.4) is 0 Å². The van der Waals surface area contributed by atoms with E-state index in [2.05, 4.69) is 4.72 Å². The van der Waals surface area contributed by atoms with Crippen molar-refractivity contribution in [3.05, 3.63) is 83.9 Å². The molecule has 0 saturated heterocycles. The number of sulfonamides is 1. The topological polar surface area (TPSA) is 66.4 Å². The first-order valence-corrected chi connectivity index (χ1v) is 9.36. The molecule has 0 spiro atoms. The van der Waals surface area contributed by atoms with Crippen LogP contribution in [0.1, 0.15) is 11.1 Å². The van der Waals surface area contributed by atoms with Gasteiger partial charge in [0.15, 0.2) is 0 Å². The predicted molar refractivity (Wildman–Crippen MR) is 99.8 cm³/mol. The van der Waals surface area contributed by atoms with Gasteiger partial charge in [0.05, 0.1) is 17.2 Å². The summed E-state index contributed by atoms with van der Waals surface area (Å²) in [4.78, 5) is 0.177. The van der Waals surface area contributed by atoms with Gasteiger partial charge in [-0.25, -0.2) is 8.42 Å². The first-order valence-electron chi connectivity index (χ1n) is 7.88. The summed E-state index contributed by atoms with van der Waals surface area (Å²) in [6.07, 6.45) is 0. The number of hydrogen-bond donors (Lipinski definition) is 2. The summed E-state index contributed by atoms with van der Waals surface area (Å²) >= 11 is 0. The van der Waals surface area contributed by atoms with Crippen molar-refractivity contribution in [2.45, 2.75) is 18.4 Å². The molecule has 0 aliphatic heterocycles. The van der Waals surface area contributed by atoms with E-state index in [4.69, 9.17) is 0 Å². The van der Waals surface area contributed by atoms with Crippen molar-refractivity contribution in [1.82, 2.24) is 0 Å². The Kier molecular flexibility index (Phi) is 4.88. The van der Waals surface area contributed by atoms with Crippen LogP contribution in [0.15, 0.2) is 77.7 Å². The van der Waals surface area contributed by atoms with Gasteiger partial charge >= 0.3 is 0 Å². The minimum absolute atomic E-state index is 0.177. The lowest BCUT2D eigenvalue weighted by molar-refractivity contribution is 0.282. The van der Waals surface area contributed by atoms with Crippen LogP contribution in [0.2, 0.25) is 0 Å². The monoisotopic (exact) mass is 353 g/mol. The van der Waals surface area contributed by atoms with Crippen LogP contribution < -0.4 is 4.72 Å². The first kappa shape index (κ1) is 17.2. The van der Waals surface area contributed by atoms with Crippen LogP contribution in [0.4, 0.5) is 5.69 Å². The van der Waals surface area contributed by atoms with E-state index in [1.807, 2.05) is 37.3 Å². The van der Waals surface area contributed by atoms with Crippen molar-refractivity contribution in [3.8, 4) is 11.1 Å². The average Bonchev–Trinajstić information content (AvgIpc) is 2.64. The highest BCUT2D eigenvalue weighted by atomic mass is 32.2. The zero-order chi connectivity index (χ0) is 17.9. The van der Waals surface area contributed by atoms with Crippen LogP contribution in [-0.4, -0.2) is 13.5 Å². The van der Waals surface area contributed by atoms with E-state index in [1.54, 1.807) is 42.5 Å². The predicted octanol–water partition coefficient (Wildman–Crippen LogP) is 3.96. The Labute approximate surface area is 147 Å². The number of hydrogen-bond acceptors (Lipinski definition) is 3. The fourth-order valence-corrected chi connectivity index (χ4v) is 3.71. The quantitative estimate of drug-likeness (QED) is 0.730. The van der Waals surface area contributed by atoms with Crippen LogP contribution in [0.5, 0.6) is 0 Å². The maximum absolute atomic E-state index is 12.6. The maximum atomic E-state index is 12.6. The summed E-state index contributed by atoms with van der Waals surface area (Å²) in [5, 5.41) is 9.44. The molecule has 5 heteroatoms. The highest BCUT2D eigenvalue weighted by Gasteiger charge is 2.16. The average molecular weight is 353 g/mol. The number of benzene rings is 3. The van der Waals surface area contributed by atoms with Crippen LogP contribution in [0.25, 0.3) is 11.1 Å². The minimum Gasteiger partial charge on any atom is -0.392 e. The summed E-state index contributed by atoms with van der Waals surface area (Å²) < 4.78 is 27.8. The molecule has 0 fully saturated rings. The van der Waals surface area contributed by atoms with Crippen molar-refractivity contribution >= 4 is 15.7 Å². The summed E-state index contributed by atoms with van der Waals surface area (Å²) in [5.74, 6) is 0. The SMILES string of the molecule is Cc1ccc(NS(=O)(=O)c2ccc(-c3ccccc3)cc2)c(CO)c1. The Morgan fingerprint density at radius 1 is 0.880 bits per heavy atom. The van der Waals surface area contributed by atoms with Crippen molar-refractivity contribution in [2.75, 3.05) is 4.72 Å². The van der Waals surface area contributed by atoms with Crippen molar-refractivity contribution in [2.24, 2.45) is 0 Å². The fourth-order valence-electron chi connectivity index (χ4n) is 2.61. The van der Waals surface area contributed by atoms with E-state index in [1.165, 1.54) is 0 Å². The van der Waals surface area contributed by atoms with Crippen molar-refractivity contribution < 1.29 is 13.5 Å². The molecule has 0 bridgehead atoms. The molecule has 0 heterocycles. The lowest BCUT2D eigenvalue weighted by Crippen LogP contribution is -2.14. The Morgan fingerprint density at radius 3 is 2.16 bits per heavy atom. The van der Waals surface area contributed by atoms with E-state index in [0.29, 0.717) is 11.3 Å². The molecule has 0 unspecified atom stereocenters. The third kappa shape index (κ3) is 3.90. The van der Waals surface area contributed by atoms with Gasteiger partial charge in [-0.2, -0.15) is 0 Å². The standard InChI is InChI=1S/C20H19NO3S/c1-15-7-12-20(18(13-15)14-22)21-25(23,24)19-10-8-17(9-11-19)16-5-3-2-4-6-16/h2-13,21-22H,14H2,1H3. The van der Waals surface area contributed by atoms with Gasteiger partial charge in [0.2, 0.25) is 0 Å². The van der Waals surface area contributed by atoms with Gasteiger partial charge in [0.1, 0.15) is 0 Å². The summed E-state index contributed by atoms with van der Waals surface area (Å²) in [7, 11) is -3.72. The largest absolute Gasteiger partial charge is 0.392 e. The molecular formula is C20H19NO3S. The zero-order valence-corrected chi connectivity index (χ0v) is 14.6. The Bertz CT molecular complexity index is 966. The number of nitrogens with one attached hydrogen (secondary N) is 1. The summed E-state index contributed by atoms with van der Waals surface area (Å²) in [5.41, 5.74) is 3.87. The number of aliphatic hydroxyl groups excluding tert-OH is 1. The molecule has 0 aromatic heterocycles. The number of aryl methyl sites for hydroxylation is 1. The van der Waals surface area contributed by atoms with Gasteiger partial charge in [-0.1, -0.05) is 60.2 Å². The van der Waals surface area contributed by atoms with E-state index < -0.39 is 10.0 Å². The van der Waals surface area contributed by atoms with E-state index in [0.717, 1.165) is 16.7 Å². The molecule has 3 aromatic rings. The van der Waals surface area contributed by atoms with Gasteiger partial charge in [0, 0.05) is 5.56 Å². The lowest BCUT2D eigenvalue weighted by atomic mass is 10.1. The second-order valence-electron chi connectivity index (χ2n) is 5.81. The third-order valence-electron chi connectivity index (χ3n) is 3.95. The Hall–Kier alpha value is -2.63. The molecule has 25 heavy (non-hydrogen) atoms. The maximum Gasteiger partial charge on any atom is 0.261 e. The highest BCUT2D eigenvalue weighted by molar-refractivity contribution is 7.92. The summed E-state index contributed by atoms with van der Waals surface area (Å²) in [6, 6.07) is 21.7. The molecule has 0 atom stereocenters. The molecule has 0 amide bonds. The second-order valence-corrected chi connectivity index (χ2v) is 7.50. The van der Waals surface area contributed by atoms with Crippen LogP contribution in [-0.2, 0) is 16.6 Å². The van der Waals surface area contributed by atoms with E-state index >= 15 is 0 Å². The van der Waals surface area contributed by atoms with Crippen LogP contribution in [0, 0.1) is 6.92 Å². The molecule has 4 nitrogen and oxygen atoms in total. The minimum atomic E-state index is -3.72. The number of aliphatic hydroxyl groups is 1. The van der Waals surface area contributed by atoms with E-state index in [9.17, 15) is 13.5 Å². The highest BCUT2D eigenvalue weighted by Crippen LogP contribution is 2.24. The van der Waals surface area contributed by atoms with Gasteiger partial charge in [-0.3, -0.25) is 4.72 Å². The molecule has 2 N–H and O–H groups in total. The van der Waals surface area contributed by atoms with Gasteiger partial charge in [0.25, 0.3) is 10.0 Å². The second kappa shape index (κ2) is 7.09. The normalized spacial score (nSPS) is 11.3. The molecule has 3 rings (SSSR count). The Balaban J connectivity index is 1.88. The molecule has 0 aliphatic carbocycles. The van der Waals surface area contributed by atoms with E-state index in [-0.39, 0.29) is 11.5 Å². The van der Waals surface area contributed by atoms with Crippen molar-refractivity contribution in [1.29, 1.82) is 0 Å². The third-order valence-corrected chi connectivity index (χ3v) is 5.33. The molecule has 128 valence electrons. The van der Waals surface area contributed by atoms with Crippen LogP contribution >= 0.6 is 0 Å². The lowest BCUT2D eigenvalue weighted by Gasteiger charge is -2.12. The molecule has 0 saturated carbocycles. The molecule has 0 radical (unpaired) electrons. The Morgan fingerprint density at radius 2 is 1.52 bits per heavy atom. The molecule has 0 aliphatic rings. The van der Waals surface area contributed by atoms with Gasteiger partial charge in [-0.15, -0.1) is 0 Å². The fraction of sp³-hybridized carbons (Fsp3) is 0.100. The number of rotatable bonds is 5. The smallest absolute Gasteiger partial charge is 0.261 e. The van der Waals surface area contributed by atoms with Gasteiger partial charge in [-0.05, 0) is 36.2 Å². The van der Waals surface area contributed by atoms with Crippen molar-refractivity contribution in [3.63, 3.8) is 0 Å².